The average Bonchev–Trinajstić information content (AvgIpc) is 2.97. The molecule has 0 amide bonds. The average molecular weight is 361 g/mol. The monoisotopic (exact) mass is 360 g/mol. The summed E-state index contributed by atoms with van der Waals surface area (Å²) in [6.45, 7) is 2.76. The summed E-state index contributed by atoms with van der Waals surface area (Å²) in [6, 6.07) is 11.9. The van der Waals surface area contributed by atoms with Crippen LogP contribution in [0, 0.1) is 0 Å². The van der Waals surface area contributed by atoms with Gasteiger partial charge >= 0.3 is 0 Å². The summed E-state index contributed by atoms with van der Waals surface area (Å²) in [5.74, 6) is 1.76. The predicted molar refractivity (Wildman–Crippen MR) is 88.9 cm³/mol. The number of methoxy groups -OCH3 is 1. The lowest BCUT2D eigenvalue weighted by atomic mass is 10.2. The molecule has 22 heavy (non-hydrogen) atoms. The van der Waals surface area contributed by atoms with E-state index in [2.05, 4.69) is 44.4 Å². The smallest absolute Gasteiger partial charge is 0.160 e. The van der Waals surface area contributed by atoms with E-state index in [1.807, 2.05) is 40.9 Å². The highest BCUT2D eigenvalue weighted by Gasteiger charge is 2.13. The molecule has 0 aliphatic carbocycles. The number of hydrogen-bond donors (Lipinski definition) is 1. The van der Waals surface area contributed by atoms with Gasteiger partial charge in [0.15, 0.2) is 11.5 Å². The van der Waals surface area contributed by atoms with Crippen LogP contribution < -0.4 is 10.1 Å². The Labute approximate surface area is 137 Å². The molecule has 0 spiro atoms. The number of nitrogens with zero attached hydrogens (tertiary/aromatic N) is 3. The maximum atomic E-state index is 5.40. The molecule has 2 heterocycles. The molecule has 2 aromatic heterocycles. The highest BCUT2D eigenvalue weighted by molar-refractivity contribution is 9.10. The number of halogens is 1. The minimum atomic E-state index is 0.0705. The number of ether oxygens (including phenoxy) is 1. The number of rotatable bonds is 5. The van der Waals surface area contributed by atoms with Crippen molar-refractivity contribution in [2.45, 2.75) is 19.5 Å². The van der Waals surface area contributed by atoms with Gasteiger partial charge in [-0.05, 0) is 37.3 Å². The first-order valence-corrected chi connectivity index (χ1v) is 7.84. The molecule has 0 aliphatic rings. The Morgan fingerprint density at radius 2 is 2.14 bits per heavy atom. The second-order valence-electron chi connectivity index (χ2n) is 5.05. The SMILES string of the molecule is COc1ccc(Br)cc1CNC(C)c1nnc2ccccn12. The quantitative estimate of drug-likeness (QED) is 0.757. The van der Waals surface area contributed by atoms with E-state index in [0.29, 0.717) is 6.54 Å². The summed E-state index contributed by atoms with van der Waals surface area (Å²) in [5, 5.41) is 11.9. The van der Waals surface area contributed by atoms with Gasteiger partial charge in [-0.1, -0.05) is 22.0 Å². The normalized spacial score (nSPS) is 12.5. The van der Waals surface area contributed by atoms with E-state index in [-0.39, 0.29) is 6.04 Å². The zero-order valence-corrected chi connectivity index (χ0v) is 14.0. The molecule has 0 fully saturated rings. The Morgan fingerprint density at radius 3 is 2.95 bits per heavy atom. The molecule has 5 nitrogen and oxygen atoms in total. The molecule has 1 aromatic carbocycles. The fraction of sp³-hybridized carbons (Fsp3) is 0.250. The van der Waals surface area contributed by atoms with Crippen LogP contribution in [-0.2, 0) is 6.54 Å². The van der Waals surface area contributed by atoms with Gasteiger partial charge < -0.3 is 10.1 Å². The fourth-order valence-electron chi connectivity index (χ4n) is 2.39. The van der Waals surface area contributed by atoms with Crippen molar-refractivity contribution < 1.29 is 4.74 Å². The second kappa shape index (κ2) is 6.46. The van der Waals surface area contributed by atoms with Gasteiger partial charge in [0.25, 0.3) is 0 Å². The van der Waals surface area contributed by atoms with Gasteiger partial charge in [0, 0.05) is 22.8 Å². The van der Waals surface area contributed by atoms with Crippen molar-refractivity contribution in [2.24, 2.45) is 0 Å². The van der Waals surface area contributed by atoms with Crippen LogP contribution >= 0.6 is 15.9 Å². The molecule has 0 aliphatic heterocycles. The summed E-state index contributed by atoms with van der Waals surface area (Å²) in [6.07, 6.45) is 1.97. The highest BCUT2D eigenvalue weighted by Crippen LogP contribution is 2.23. The first-order valence-electron chi connectivity index (χ1n) is 7.04. The zero-order valence-electron chi connectivity index (χ0n) is 12.5. The van der Waals surface area contributed by atoms with E-state index in [1.165, 1.54) is 0 Å². The standard InChI is InChI=1S/C16H17BrN4O/c1-11(16-20-19-15-5-3-4-8-21(15)16)18-10-12-9-13(17)6-7-14(12)22-2/h3-9,11,18H,10H2,1-2H3. The Balaban J connectivity index is 1.78. The molecule has 0 bridgehead atoms. The molecule has 0 saturated carbocycles. The Morgan fingerprint density at radius 1 is 1.27 bits per heavy atom. The topological polar surface area (TPSA) is 51.5 Å². The van der Waals surface area contributed by atoms with Crippen LogP contribution in [-0.4, -0.2) is 21.7 Å². The van der Waals surface area contributed by atoms with E-state index in [0.717, 1.165) is 27.3 Å². The Hall–Kier alpha value is -1.92. The minimum Gasteiger partial charge on any atom is -0.496 e. The molecule has 3 rings (SSSR count). The summed E-state index contributed by atoms with van der Waals surface area (Å²) < 4.78 is 8.43. The Bertz CT molecular complexity index is 787. The van der Waals surface area contributed by atoms with E-state index in [4.69, 9.17) is 4.74 Å². The minimum absolute atomic E-state index is 0.0705. The summed E-state index contributed by atoms with van der Waals surface area (Å²) in [4.78, 5) is 0. The second-order valence-corrected chi connectivity index (χ2v) is 5.96. The van der Waals surface area contributed by atoms with Crippen LogP contribution in [0.3, 0.4) is 0 Å². The van der Waals surface area contributed by atoms with Gasteiger partial charge in [-0.2, -0.15) is 0 Å². The number of aromatic nitrogens is 3. The lowest BCUT2D eigenvalue weighted by molar-refractivity contribution is 0.405. The lowest BCUT2D eigenvalue weighted by Gasteiger charge is -2.14. The molecule has 0 saturated heterocycles. The van der Waals surface area contributed by atoms with Crippen molar-refractivity contribution in [3.8, 4) is 5.75 Å². The zero-order chi connectivity index (χ0) is 15.5. The molecular formula is C16H17BrN4O. The van der Waals surface area contributed by atoms with Crippen molar-refractivity contribution >= 4 is 21.6 Å². The van der Waals surface area contributed by atoms with Crippen LogP contribution in [0.25, 0.3) is 5.65 Å². The van der Waals surface area contributed by atoms with Crippen molar-refractivity contribution in [1.82, 2.24) is 19.9 Å². The fourth-order valence-corrected chi connectivity index (χ4v) is 2.80. The molecule has 3 aromatic rings. The largest absolute Gasteiger partial charge is 0.496 e. The van der Waals surface area contributed by atoms with E-state index in [9.17, 15) is 0 Å². The van der Waals surface area contributed by atoms with Gasteiger partial charge in [0.05, 0.1) is 13.2 Å². The van der Waals surface area contributed by atoms with Gasteiger partial charge in [-0.3, -0.25) is 4.40 Å². The maximum Gasteiger partial charge on any atom is 0.160 e. The molecular weight excluding hydrogens is 344 g/mol. The van der Waals surface area contributed by atoms with Crippen LogP contribution in [0.15, 0.2) is 47.1 Å². The van der Waals surface area contributed by atoms with E-state index < -0.39 is 0 Å². The molecule has 1 N–H and O–H groups in total. The first kappa shape index (κ1) is 15.0. The van der Waals surface area contributed by atoms with Crippen molar-refractivity contribution in [3.63, 3.8) is 0 Å². The molecule has 6 heteroatoms. The van der Waals surface area contributed by atoms with E-state index in [1.54, 1.807) is 7.11 Å². The van der Waals surface area contributed by atoms with Crippen LogP contribution in [0.4, 0.5) is 0 Å². The van der Waals surface area contributed by atoms with Gasteiger partial charge in [0.2, 0.25) is 0 Å². The maximum absolute atomic E-state index is 5.40. The van der Waals surface area contributed by atoms with Gasteiger partial charge in [-0.15, -0.1) is 10.2 Å². The summed E-state index contributed by atoms with van der Waals surface area (Å²) in [5.41, 5.74) is 1.95. The number of hydrogen-bond acceptors (Lipinski definition) is 4. The molecule has 0 radical (unpaired) electrons. The molecule has 1 atom stereocenters. The van der Waals surface area contributed by atoms with Crippen molar-refractivity contribution in [1.29, 1.82) is 0 Å². The number of fused-ring (bicyclic) bond motifs is 1. The number of nitrogens with one attached hydrogen (secondary N) is 1. The van der Waals surface area contributed by atoms with Gasteiger partial charge in [-0.25, -0.2) is 0 Å². The highest BCUT2D eigenvalue weighted by atomic mass is 79.9. The van der Waals surface area contributed by atoms with E-state index >= 15 is 0 Å². The number of pyridine rings is 1. The van der Waals surface area contributed by atoms with Crippen molar-refractivity contribution in [2.75, 3.05) is 7.11 Å². The third-order valence-corrected chi connectivity index (χ3v) is 4.06. The predicted octanol–water partition coefficient (Wildman–Crippen LogP) is 3.35. The lowest BCUT2D eigenvalue weighted by Crippen LogP contribution is -2.20. The van der Waals surface area contributed by atoms with Gasteiger partial charge in [0.1, 0.15) is 5.75 Å². The molecule has 1 unspecified atom stereocenters. The van der Waals surface area contributed by atoms with Crippen LogP contribution in [0.1, 0.15) is 24.4 Å². The number of benzene rings is 1. The first-order chi connectivity index (χ1) is 10.7. The summed E-state index contributed by atoms with van der Waals surface area (Å²) in [7, 11) is 1.68. The van der Waals surface area contributed by atoms with Crippen LogP contribution in [0.2, 0.25) is 0 Å². The molecule has 114 valence electrons. The summed E-state index contributed by atoms with van der Waals surface area (Å²) >= 11 is 3.49. The third kappa shape index (κ3) is 2.98. The van der Waals surface area contributed by atoms with Crippen molar-refractivity contribution in [3.05, 3.63) is 58.5 Å². The Kier molecular flexibility index (Phi) is 4.40. The van der Waals surface area contributed by atoms with Crippen LogP contribution in [0.5, 0.6) is 5.75 Å². The third-order valence-electron chi connectivity index (χ3n) is 3.57.